The average Bonchev–Trinajstić information content (AvgIpc) is 3.12. The van der Waals surface area contributed by atoms with Crippen molar-refractivity contribution in [3.05, 3.63) is 59.2 Å². The number of hydrogen-bond donors (Lipinski definition) is 0. The standard InChI is InChI=1S/C22H24F3NO4/c1-4-17(10-14-8-9-18(28-2)19(11-14)29-3)26-13-20(30-21(26)27)15-6-5-7-16(12-15)22(23,24)25/h5-9,11-12,17,20H,4,10,13H2,1-3H3. The van der Waals surface area contributed by atoms with E-state index in [-0.39, 0.29) is 12.6 Å². The minimum Gasteiger partial charge on any atom is -0.493 e. The number of halogens is 3. The maximum Gasteiger partial charge on any atom is 0.416 e. The van der Waals surface area contributed by atoms with Crippen molar-refractivity contribution in [3.63, 3.8) is 0 Å². The van der Waals surface area contributed by atoms with Crippen LogP contribution in [0.25, 0.3) is 0 Å². The molecule has 1 heterocycles. The van der Waals surface area contributed by atoms with Gasteiger partial charge >= 0.3 is 12.3 Å². The molecule has 1 amide bonds. The molecule has 3 rings (SSSR count). The Morgan fingerprint density at radius 3 is 2.50 bits per heavy atom. The van der Waals surface area contributed by atoms with E-state index in [4.69, 9.17) is 14.2 Å². The summed E-state index contributed by atoms with van der Waals surface area (Å²) in [5, 5.41) is 0. The second kappa shape index (κ2) is 8.85. The first kappa shape index (κ1) is 21.8. The Balaban J connectivity index is 1.76. The zero-order valence-electron chi connectivity index (χ0n) is 17.0. The smallest absolute Gasteiger partial charge is 0.416 e. The number of rotatable bonds is 7. The van der Waals surface area contributed by atoms with E-state index < -0.39 is 23.9 Å². The van der Waals surface area contributed by atoms with Gasteiger partial charge in [-0.15, -0.1) is 0 Å². The first-order chi connectivity index (χ1) is 14.3. The number of benzene rings is 2. The van der Waals surface area contributed by atoms with Gasteiger partial charge in [0.2, 0.25) is 0 Å². The molecule has 2 aromatic rings. The minimum atomic E-state index is -4.45. The molecule has 0 bridgehead atoms. The summed E-state index contributed by atoms with van der Waals surface area (Å²) in [6, 6.07) is 10.3. The molecule has 30 heavy (non-hydrogen) atoms. The molecule has 1 aliphatic rings. The predicted octanol–water partition coefficient (Wildman–Crippen LogP) is 5.24. The van der Waals surface area contributed by atoms with Crippen molar-refractivity contribution in [2.24, 2.45) is 0 Å². The second-order valence-electron chi connectivity index (χ2n) is 7.10. The summed E-state index contributed by atoms with van der Waals surface area (Å²) >= 11 is 0. The van der Waals surface area contributed by atoms with E-state index in [0.29, 0.717) is 29.9 Å². The van der Waals surface area contributed by atoms with Crippen molar-refractivity contribution < 1.29 is 32.2 Å². The number of alkyl halides is 3. The van der Waals surface area contributed by atoms with Gasteiger partial charge in [0.1, 0.15) is 6.10 Å². The third-order valence-electron chi connectivity index (χ3n) is 5.26. The van der Waals surface area contributed by atoms with Crippen LogP contribution in [0, 0.1) is 0 Å². The Morgan fingerprint density at radius 2 is 1.87 bits per heavy atom. The van der Waals surface area contributed by atoms with E-state index in [2.05, 4.69) is 0 Å². The van der Waals surface area contributed by atoms with Crippen LogP contribution in [-0.4, -0.2) is 37.8 Å². The fourth-order valence-corrected chi connectivity index (χ4v) is 3.62. The molecule has 1 aliphatic heterocycles. The highest BCUT2D eigenvalue weighted by Gasteiger charge is 2.38. The Kier molecular flexibility index (Phi) is 6.43. The molecule has 8 heteroatoms. The van der Waals surface area contributed by atoms with Gasteiger partial charge in [0.15, 0.2) is 11.5 Å². The van der Waals surface area contributed by atoms with Crippen LogP contribution in [-0.2, 0) is 17.3 Å². The third-order valence-corrected chi connectivity index (χ3v) is 5.26. The molecular formula is C22H24F3NO4. The lowest BCUT2D eigenvalue weighted by Gasteiger charge is -2.25. The van der Waals surface area contributed by atoms with Gasteiger partial charge in [0.25, 0.3) is 0 Å². The predicted molar refractivity (Wildman–Crippen MR) is 105 cm³/mol. The molecule has 2 atom stereocenters. The number of carbonyl (C=O) groups is 1. The van der Waals surface area contributed by atoms with Crippen LogP contribution < -0.4 is 9.47 Å². The summed E-state index contributed by atoms with van der Waals surface area (Å²) in [6.07, 6.45) is -4.48. The molecule has 2 aromatic carbocycles. The molecule has 0 spiro atoms. The first-order valence-corrected chi connectivity index (χ1v) is 9.62. The van der Waals surface area contributed by atoms with Crippen LogP contribution in [0.2, 0.25) is 0 Å². The van der Waals surface area contributed by atoms with E-state index in [1.165, 1.54) is 6.07 Å². The zero-order chi connectivity index (χ0) is 21.9. The molecule has 0 aliphatic carbocycles. The highest BCUT2D eigenvalue weighted by Crippen LogP contribution is 2.35. The van der Waals surface area contributed by atoms with Crippen LogP contribution in [0.3, 0.4) is 0 Å². The maximum atomic E-state index is 13.0. The van der Waals surface area contributed by atoms with Gasteiger partial charge in [-0.2, -0.15) is 13.2 Å². The minimum absolute atomic E-state index is 0.161. The number of hydrogen-bond acceptors (Lipinski definition) is 4. The van der Waals surface area contributed by atoms with Gasteiger partial charge in [-0.3, -0.25) is 0 Å². The summed E-state index contributed by atoms with van der Waals surface area (Å²) in [4.78, 5) is 14.1. The third kappa shape index (κ3) is 4.63. The number of methoxy groups -OCH3 is 2. The fourth-order valence-electron chi connectivity index (χ4n) is 3.62. The monoisotopic (exact) mass is 423 g/mol. The highest BCUT2D eigenvalue weighted by atomic mass is 19.4. The summed E-state index contributed by atoms with van der Waals surface area (Å²) in [5.74, 6) is 1.20. The van der Waals surface area contributed by atoms with Crippen LogP contribution in [0.15, 0.2) is 42.5 Å². The largest absolute Gasteiger partial charge is 0.493 e. The summed E-state index contributed by atoms with van der Waals surface area (Å²) < 4.78 is 55.0. The lowest BCUT2D eigenvalue weighted by atomic mass is 10.0. The van der Waals surface area contributed by atoms with Crippen LogP contribution in [0.1, 0.15) is 36.1 Å². The number of nitrogens with zero attached hydrogens (tertiary/aromatic N) is 1. The Bertz CT molecular complexity index is 900. The average molecular weight is 423 g/mol. The second-order valence-corrected chi connectivity index (χ2v) is 7.10. The topological polar surface area (TPSA) is 48.0 Å². The van der Waals surface area contributed by atoms with Gasteiger partial charge in [0, 0.05) is 6.04 Å². The molecule has 1 fully saturated rings. The lowest BCUT2D eigenvalue weighted by molar-refractivity contribution is -0.137. The summed E-state index contributed by atoms with van der Waals surface area (Å²) in [7, 11) is 3.11. The van der Waals surface area contributed by atoms with Gasteiger partial charge < -0.3 is 19.1 Å². The van der Waals surface area contributed by atoms with Crippen LogP contribution >= 0.6 is 0 Å². The Morgan fingerprint density at radius 1 is 1.13 bits per heavy atom. The van der Waals surface area contributed by atoms with Crippen molar-refractivity contribution in [1.29, 1.82) is 0 Å². The molecule has 1 saturated heterocycles. The molecular weight excluding hydrogens is 399 g/mol. The van der Waals surface area contributed by atoms with E-state index in [9.17, 15) is 18.0 Å². The van der Waals surface area contributed by atoms with Crippen molar-refractivity contribution in [2.75, 3.05) is 20.8 Å². The lowest BCUT2D eigenvalue weighted by Crippen LogP contribution is -2.37. The van der Waals surface area contributed by atoms with Crippen LogP contribution in [0.5, 0.6) is 11.5 Å². The van der Waals surface area contributed by atoms with Crippen molar-refractivity contribution in [3.8, 4) is 11.5 Å². The number of carbonyl (C=O) groups excluding carboxylic acids is 1. The SMILES string of the molecule is CCC(Cc1ccc(OC)c(OC)c1)N1CC(c2cccc(C(F)(F)F)c2)OC1=O. The zero-order valence-corrected chi connectivity index (χ0v) is 17.0. The van der Waals surface area contributed by atoms with Crippen molar-refractivity contribution in [1.82, 2.24) is 4.90 Å². The van der Waals surface area contributed by atoms with Gasteiger partial charge in [-0.25, -0.2) is 4.79 Å². The van der Waals surface area contributed by atoms with E-state index >= 15 is 0 Å². The van der Waals surface area contributed by atoms with E-state index in [1.807, 2.05) is 19.1 Å². The number of cyclic esters (lactones) is 1. The molecule has 0 radical (unpaired) electrons. The van der Waals surface area contributed by atoms with Crippen molar-refractivity contribution >= 4 is 6.09 Å². The van der Waals surface area contributed by atoms with Crippen molar-refractivity contribution in [2.45, 2.75) is 38.1 Å². The normalized spacial score (nSPS) is 17.6. The van der Waals surface area contributed by atoms with E-state index in [1.54, 1.807) is 31.3 Å². The fraction of sp³-hybridized carbons (Fsp3) is 0.409. The quantitative estimate of drug-likeness (QED) is 0.611. The molecule has 5 nitrogen and oxygen atoms in total. The van der Waals surface area contributed by atoms with Gasteiger partial charge in [0.05, 0.1) is 26.3 Å². The first-order valence-electron chi connectivity index (χ1n) is 9.62. The molecule has 0 N–H and O–H groups in total. The molecule has 0 saturated carbocycles. The number of amides is 1. The summed E-state index contributed by atoms with van der Waals surface area (Å²) in [5.41, 5.74) is 0.531. The highest BCUT2D eigenvalue weighted by molar-refractivity contribution is 5.70. The Hall–Kier alpha value is -2.90. The Labute approximate surface area is 173 Å². The number of ether oxygens (including phenoxy) is 3. The van der Waals surface area contributed by atoms with Crippen LogP contribution in [0.4, 0.5) is 18.0 Å². The van der Waals surface area contributed by atoms with Gasteiger partial charge in [-0.1, -0.05) is 25.1 Å². The molecule has 0 aromatic heterocycles. The van der Waals surface area contributed by atoms with Gasteiger partial charge in [-0.05, 0) is 48.2 Å². The summed E-state index contributed by atoms with van der Waals surface area (Å²) in [6.45, 7) is 2.16. The maximum absolute atomic E-state index is 13.0. The van der Waals surface area contributed by atoms with E-state index in [0.717, 1.165) is 17.7 Å². The molecule has 2 unspecified atom stereocenters. The molecule has 162 valence electrons.